The van der Waals surface area contributed by atoms with Gasteiger partial charge in [-0.3, -0.25) is 0 Å². The number of hydrogen-bond acceptors (Lipinski definition) is 4. The van der Waals surface area contributed by atoms with Gasteiger partial charge in [0.05, 0.1) is 20.3 Å². The van der Waals surface area contributed by atoms with Crippen LogP contribution in [0, 0.1) is 0 Å². The monoisotopic (exact) mass is 289 g/mol. The molecule has 1 atom stereocenters. The van der Waals surface area contributed by atoms with Gasteiger partial charge in [0.15, 0.2) is 0 Å². The Labute approximate surface area is 125 Å². The van der Waals surface area contributed by atoms with Gasteiger partial charge in [0, 0.05) is 25.0 Å². The molecule has 1 N–H and O–H groups in total. The third-order valence-electron chi connectivity index (χ3n) is 3.47. The van der Waals surface area contributed by atoms with E-state index in [1.165, 1.54) is 0 Å². The summed E-state index contributed by atoms with van der Waals surface area (Å²) in [6.45, 7) is 3.11. The molecule has 0 radical (unpaired) electrons. The molecule has 0 aliphatic carbocycles. The molecule has 21 heavy (non-hydrogen) atoms. The van der Waals surface area contributed by atoms with Crippen LogP contribution in [-0.2, 0) is 6.54 Å². The van der Waals surface area contributed by atoms with Crippen LogP contribution in [0.2, 0.25) is 0 Å². The maximum atomic E-state index is 5.35. The highest BCUT2D eigenvalue weighted by atomic mass is 16.5. The maximum Gasteiger partial charge on any atom is 0.130 e. The van der Waals surface area contributed by atoms with Crippen LogP contribution in [0.15, 0.2) is 30.6 Å². The van der Waals surface area contributed by atoms with Crippen LogP contribution >= 0.6 is 0 Å². The number of benzene rings is 1. The Kier molecular flexibility index (Phi) is 5.22. The molecule has 1 unspecified atom stereocenters. The quantitative estimate of drug-likeness (QED) is 0.851. The van der Waals surface area contributed by atoms with Crippen LogP contribution < -0.4 is 14.8 Å². The number of hydrogen-bond donors (Lipinski definition) is 1. The zero-order valence-corrected chi connectivity index (χ0v) is 13.1. The van der Waals surface area contributed by atoms with Crippen LogP contribution in [0.3, 0.4) is 0 Å². The smallest absolute Gasteiger partial charge is 0.130 e. The number of nitrogens with one attached hydrogen (secondary N) is 1. The van der Waals surface area contributed by atoms with Gasteiger partial charge in [-0.05, 0) is 31.2 Å². The summed E-state index contributed by atoms with van der Waals surface area (Å²) in [4.78, 5) is 4.51. The van der Waals surface area contributed by atoms with Crippen LogP contribution in [-0.4, -0.2) is 30.8 Å². The van der Waals surface area contributed by atoms with Gasteiger partial charge in [0.2, 0.25) is 0 Å². The fourth-order valence-electron chi connectivity index (χ4n) is 2.45. The van der Waals surface area contributed by atoms with Crippen molar-refractivity contribution < 1.29 is 9.47 Å². The van der Waals surface area contributed by atoms with Gasteiger partial charge in [-0.1, -0.05) is 6.92 Å². The first-order valence-electron chi connectivity index (χ1n) is 7.14. The van der Waals surface area contributed by atoms with Crippen LogP contribution in [0.4, 0.5) is 0 Å². The van der Waals surface area contributed by atoms with E-state index >= 15 is 0 Å². The SMILES string of the molecule is CCCn1ccnc1C(NC)c1cc(OC)cc(OC)c1. The topological polar surface area (TPSA) is 48.3 Å². The van der Waals surface area contributed by atoms with Crippen molar-refractivity contribution >= 4 is 0 Å². The number of aryl methyl sites for hydroxylation is 1. The van der Waals surface area contributed by atoms with E-state index in [0.717, 1.165) is 35.9 Å². The van der Waals surface area contributed by atoms with E-state index in [9.17, 15) is 0 Å². The van der Waals surface area contributed by atoms with Gasteiger partial charge in [0.1, 0.15) is 17.3 Å². The molecule has 0 fully saturated rings. The largest absolute Gasteiger partial charge is 0.497 e. The third-order valence-corrected chi connectivity index (χ3v) is 3.47. The van der Waals surface area contributed by atoms with Crippen molar-refractivity contribution in [2.45, 2.75) is 25.9 Å². The molecule has 0 aliphatic heterocycles. The van der Waals surface area contributed by atoms with Crippen molar-refractivity contribution in [2.24, 2.45) is 0 Å². The molecule has 1 heterocycles. The first kappa shape index (κ1) is 15.4. The average Bonchev–Trinajstić information content (AvgIpc) is 2.96. The van der Waals surface area contributed by atoms with E-state index in [0.29, 0.717) is 0 Å². The summed E-state index contributed by atoms with van der Waals surface area (Å²) in [6, 6.07) is 5.88. The molecule has 2 rings (SSSR count). The Balaban J connectivity index is 2.43. The highest BCUT2D eigenvalue weighted by molar-refractivity contribution is 5.41. The van der Waals surface area contributed by atoms with Crippen LogP contribution in [0.25, 0.3) is 0 Å². The van der Waals surface area contributed by atoms with Crippen molar-refractivity contribution in [3.05, 3.63) is 42.0 Å². The molecule has 0 aliphatic rings. The summed E-state index contributed by atoms with van der Waals surface area (Å²) >= 11 is 0. The summed E-state index contributed by atoms with van der Waals surface area (Å²) in [5.41, 5.74) is 1.07. The van der Waals surface area contributed by atoms with E-state index in [4.69, 9.17) is 9.47 Å². The highest BCUT2D eigenvalue weighted by Gasteiger charge is 2.19. The highest BCUT2D eigenvalue weighted by Crippen LogP contribution is 2.29. The number of aromatic nitrogens is 2. The van der Waals surface area contributed by atoms with Crippen molar-refractivity contribution in [3.63, 3.8) is 0 Å². The Morgan fingerprint density at radius 3 is 2.38 bits per heavy atom. The van der Waals surface area contributed by atoms with Gasteiger partial charge in [-0.15, -0.1) is 0 Å². The Morgan fingerprint density at radius 1 is 1.19 bits per heavy atom. The van der Waals surface area contributed by atoms with Crippen molar-refractivity contribution in [2.75, 3.05) is 21.3 Å². The zero-order valence-electron chi connectivity index (χ0n) is 13.1. The number of methoxy groups -OCH3 is 2. The van der Waals surface area contributed by atoms with Gasteiger partial charge in [-0.2, -0.15) is 0 Å². The molecule has 0 saturated carbocycles. The Hall–Kier alpha value is -2.01. The molecule has 5 nitrogen and oxygen atoms in total. The minimum Gasteiger partial charge on any atom is -0.497 e. The Morgan fingerprint density at radius 2 is 1.86 bits per heavy atom. The fourth-order valence-corrected chi connectivity index (χ4v) is 2.45. The van der Waals surface area contributed by atoms with Gasteiger partial charge >= 0.3 is 0 Å². The van der Waals surface area contributed by atoms with Gasteiger partial charge < -0.3 is 19.4 Å². The van der Waals surface area contributed by atoms with E-state index in [1.807, 2.05) is 37.6 Å². The summed E-state index contributed by atoms with van der Waals surface area (Å²) in [6.07, 6.45) is 4.93. The predicted molar refractivity (Wildman–Crippen MR) is 83.0 cm³/mol. The molecule has 1 aromatic heterocycles. The summed E-state index contributed by atoms with van der Waals surface area (Å²) in [5.74, 6) is 2.55. The molecular weight excluding hydrogens is 266 g/mol. The van der Waals surface area contributed by atoms with E-state index in [-0.39, 0.29) is 6.04 Å². The first-order valence-corrected chi connectivity index (χ1v) is 7.14. The standard InChI is InChI=1S/C16H23N3O2/c1-5-7-19-8-6-18-16(19)15(17-2)12-9-13(20-3)11-14(10-12)21-4/h6,8-11,15,17H,5,7H2,1-4H3. The maximum absolute atomic E-state index is 5.35. The molecule has 114 valence electrons. The fraction of sp³-hybridized carbons (Fsp3) is 0.438. The van der Waals surface area contributed by atoms with Crippen molar-refractivity contribution in [3.8, 4) is 11.5 Å². The van der Waals surface area contributed by atoms with Crippen LogP contribution in [0.5, 0.6) is 11.5 Å². The molecular formula is C16H23N3O2. The summed E-state index contributed by atoms with van der Waals surface area (Å²) in [5, 5.41) is 3.33. The minimum absolute atomic E-state index is 0.00412. The number of rotatable bonds is 7. The molecule has 0 amide bonds. The Bertz CT molecular complexity index is 558. The van der Waals surface area contributed by atoms with Crippen molar-refractivity contribution in [1.82, 2.24) is 14.9 Å². The van der Waals surface area contributed by atoms with Gasteiger partial charge in [0.25, 0.3) is 0 Å². The predicted octanol–water partition coefficient (Wildman–Crippen LogP) is 2.62. The van der Waals surface area contributed by atoms with Crippen molar-refractivity contribution in [1.29, 1.82) is 0 Å². The molecule has 0 saturated heterocycles. The van der Waals surface area contributed by atoms with Gasteiger partial charge in [-0.25, -0.2) is 4.98 Å². The number of ether oxygens (including phenoxy) is 2. The third kappa shape index (κ3) is 3.36. The first-order chi connectivity index (χ1) is 10.2. The molecule has 5 heteroatoms. The lowest BCUT2D eigenvalue weighted by Crippen LogP contribution is -2.22. The zero-order chi connectivity index (χ0) is 15.2. The minimum atomic E-state index is -0.00412. The lowest BCUT2D eigenvalue weighted by atomic mass is 10.1. The molecule has 0 bridgehead atoms. The van der Waals surface area contributed by atoms with Crippen LogP contribution in [0.1, 0.15) is 30.8 Å². The lowest BCUT2D eigenvalue weighted by Gasteiger charge is -2.19. The van der Waals surface area contributed by atoms with E-state index in [2.05, 4.69) is 21.8 Å². The molecule has 0 spiro atoms. The second kappa shape index (κ2) is 7.13. The number of nitrogens with zero attached hydrogens (tertiary/aromatic N) is 2. The molecule has 1 aromatic carbocycles. The second-order valence-electron chi connectivity index (χ2n) is 4.85. The molecule has 2 aromatic rings. The van der Waals surface area contributed by atoms with E-state index < -0.39 is 0 Å². The summed E-state index contributed by atoms with van der Waals surface area (Å²) in [7, 11) is 5.25. The summed E-state index contributed by atoms with van der Waals surface area (Å²) < 4.78 is 12.9. The average molecular weight is 289 g/mol. The normalized spacial score (nSPS) is 12.2. The second-order valence-corrected chi connectivity index (χ2v) is 4.85. The van der Waals surface area contributed by atoms with E-state index in [1.54, 1.807) is 14.2 Å². The lowest BCUT2D eigenvalue weighted by molar-refractivity contribution is 0.392. The number of imidazole rings is 1.